The number of carbonyl (C=O) groups excluding carboxylic acids is 1. The van der Waals surface area contributed by atoms with Crippen LogP contribution in [0.5, 0.6) is 5.75 Å². The number of aldehydes is 1. The molecule has 0 aliphatic rings. The summed E-state index contributed by atoms with van der Waals surface area (Å²) in [6, 6.07) is 17.9. The molecule has 0 bridgehead atoms. The highest BCUT2D eigenvalue weighted by Crippen LogP contribution is 2.34. The molecule has 0 radical (unpaired) electrons. The van der Waals surface area contributed by atoms with Crippen LogP contribution in [-0.4, -0.2) is 13.4 Å². The van der Waals surface area contributed by atoms with Crippen LogP contribution in [-0.2, 0) is 0 Å². The number of aryl methyl sites for hydroxylation is 1. The number of benzene rings is 3. The Balaban J connectivity index is 2.38. The molecule has 0 amide bonds. The monoisotopic (exact) mass is 276 g/mol. The van der Waals surface area contributed by atoms with Gasteiger partial charge in [-0.3, -0.25) is 4.79 Å². The van der Waals surface area contributed by atoms with Crippen molar-refractivity contribution in [2.45, 2.75) is 6.92 Å². The topological polar surface area (TPSA) is 26.3 Å². The van der Waals surface area contributed by atoms with Crippen LogP contribution in [0.2, 0.25) is 0 Å². The minimum absolute atomic E-state index is 0.710. The van der Waals surface area contributed by atoms with Gasteiger partial charge in [-0.25, -0.2) is 0 Å². The van der Waals surface area contributed by atoms with Crippen molar-refractivity contribution in [3.8, 4) is 16.9 Å². The Kier molecular flexibility index (Phi) is 3.44. The van der Waals surface area contributed by atoms with Gasteiger partial charge in [-0.2, -0.15) is 0 Å². The van der Waals surface area contributed by atoms with Gasteiger partial charge in [0.25, 0.3) is 0 Å². The van der Waals surface area contributed by atoms with E-state index in [1.165, 1.54) is 0 Å². The lowest BCUT2D eigenvalue weighted by molar-refractivity contribution is 0.112. The van der Waals surface area contributed by atoms with Gasteiger partial charge in [-0.05, 0) is 41.0 Å². The highest BCUT2D eigenvalue weighted by molar-refractivity contribution is 6.05. The Morgan fingerprint density at radius 3 is 2.52 bits per heavy atom. The van der Waals surface area contributed by atoms with Gasteiger partial charge in [0.2, 0.25) is 0 Å². The van der Waals surface area contributed by atoms with Crippen LogP contribution < -0.4 is 4.74 Å². The van der Waals surface area contributed by atoms with Gasteiger partial charge in [0, 0.05) is 11.1 Å². The molecule has 3 aromatic carbocycles. The Bertz CT molecular complexity index is 819. The molecular weight excluding hydrogens is 260 g/mol. The van der Waals surface area contributed by atoms with Crippen molar-refractivity contribution < 1.29 is 9.53 Å². The molecule has 0 saturated carbocycles. The van der Waals surface area contributed by atoms with Crippen molar-refractivity contribution in [3.05, 3.63) is 65.7 Å². The average Bonchev–Trinajstić information content (AvgIpc) is 2.54. The molecule has 0 aliphatic heterocycles. The first-order valence-corrected chi connectivity index (χ1v) is 6.86. The predicted octanol–water partition coefficient (Wildman–Crippen LogP) is 4.64. The van der Waals surface area contributed by atoms with Gasteiger partial charge in [-0.1, -0.05) is 42.5 Å². The second-order valence-electron chi connectivity index (χ2n) is 5.05. The van der Waals surface area contributed by atoms with Crippen LogP contribution in [0.25, 0.3) is 21.9 Å². The smallest absolute Gasteiger partial charge is 0.150 e. The highest BCUT2D eigenvalue weighted by Gasteiger charge is 2.12. The summed E-state index contributed by atoms with van der Waals surface area (Å²) < 4.78 is 5.28. The molecule has 0 spiro atoms. The minimum atomic E-state index is 0.710. The molecule has 0 unspecified atom stereocenters. The van der Waals surface area contributed by atoms with E-state index in [0.717, 1.165) is 39.5 Å². The Hall–Kier alpha value is -2.61. The van der Waals surface area contributed by atoms with Crippen molar-refractivity contribution >= 4 is 17.1 Å². The van der Waals surface area contributed by atoms with Crippen molar-refractivity contribution in [2.75, 3.05) is 7.11 Å². The molecular formula is C19H16O2. The second kappa shape index (κ2) is 5.41. The maximum Gasteiger partial charge on any atom is 0.150 e. The van der Waals surface area contributed by atoms with Gasteiger partial charge in [0.15, 0.2) is 6.29 Å². The van der Waals surface area contributed by atoms with Crippen LogP contribution >= 0.6 is 0 Å². The summed E-state index contributed by atoms with van der Waals surface area (Å²) in [7, 11) is 1.66. The first kappa shape index (κ1) is 13.4. The lowest BCUT2D eigenvalue weighted by atomic mass is 9.91. The standard InChI is InChI=1S/C19H16O2/c1-13-5-3-4-6-17(13)19-15(12-20)8-7-14-11-16(21-2)9-10-18(14)19/h3-12H,1-2H3. The van der Waals surface area contributed by atoms with Crippen molar-refractivity contribution in [3.63, 3.8) is 0 Å². The van der Waals surface area contributed by atoms with E-state index in [2.05, 4.69) is 19.1 Å². The zero-order valence-electron chi connectivity index (χ0n) is 12.1. The molecule has 0 aromatic heterocycles. The van der Waals surface area contributed by atoms with Crippen LogP contribution in [0.4, 0.5) is 0 Å². The van der Waals surface area contributed by atoms with Gasteiger partial charge in [-0.15, -0.1) is 0 Å². The lowest BCUT2D eigenvalue weighted by Crippen LogP contribution is -1.92. The summed E-state index contributed by atoms with van der Waals surface area (Å²) in [6.45, 7) is 2.06. The lowest BCUT2D eigenvalue weighted by Gasteiger charge is -2.13. The molecule has 0 saturated heterocycles. The summed E-state index contributed by atoms with van der Waals surface area (Å²) in [6.07, 6.45) is 0.922. The first-order chi connectivity index (χ1) is 10.2. The van der Waals surface area contributed by atoms with E-state index in [4.69, 9.17) is 4.74 Å². The van der Waals surface area contributed by atoms with Gasteiger partial charge in [0.1, 0.15) is 5.75 Å². The zero-order valence-corrected chi connectivity index (χ0v) is 12.1. The van der Waals surface area contributed by atoms with E-state index in [9.17, 15) is 4.79 Å². The van der Waals surface area contributed by atoms with E-state index in [1.54, 1.807) is 7.11 Å². The van der Waals surface area contributed by atoms with Crippen LogP contribution in [0.3, 0.4) is 0 Å². The third kappa shape index (κ3) is 2.29. The second-order valence-corrected chi connectivity index (χ2v) is 5.05. The van der Waals surface area contributed by atoms with Gasteiger partial charge in [0.05, 0.1) is 7.11 Å². The fraction of sp³-hybridized carbons (Fsp3) is 0.105. The number of methoxy groups -OCH3 is 1. The summed E-state index contributed by atoms with van der Waals surface area (Å²) >= 11 is 0. The Labute approximate surface area is 124 Å². The van der Waals surface area contributed by atoms with E-state index in [0.29, 0.717) is 5.56 Å². The van der Waals surface area contributed by atoms with Crippen molar-refractivity contribution in [1.29, 1.82) is 0 Å². The predicted molar refractivity (Wildman–Crippen MR) is 86.1 cm³/mol. The zero-order chi connectivity index (χ0) is 14.8. The van der Waals surface area contributed by atoms with Crippen LogP contribution in [0.1, 0.15) is 15.9 Å². The number of hydrogen-bond acceptors (Lipinski definition) is 2. The van der Waals surface area contributed by atoms with Crippen LogP contribution in [0.15, 0.2) is 54.6 Å². The number of rotatable bonds is 3. The Morgan fingerprint density at radius 2 is 1.81 bits per heavy atom. The fourth-order valence-corrected chi connectivity index (χ4v) is 2.70. The van der Waals surface area contributed by atoms with E-state index in [-0.39, 0.29) is 0 Å². The maximum atomic E-state index is 11.5. The van der Waals surface area contributed by atoms with Gasteiger partial charge < -0.3 is 4.74 Å². The summed E-state index contributed by atoms with van der Waals surface area (Å²) in [5.41, 5.74) is 3.95. The SMILES string of the molecule is COc1ccc2c(-c3ccccc3C)c(C=O)ccc2c1. The molecule has 0 atom stereocenters. The van der Waals surface area contributed by atoms with Crippen molar-refractivity contribution in [2.24, 2.45) is 0 Å². The van der Waals surface area contributed by atoms with E-state index < -0.39 is 0 Å². The summed E-state index contributed by atoms with van der Waals surface area (Å²) in [4.78, 5) is 11.5. The quantitative estimate of drug-likeness (QED) is 0.652. The molecule has 21 heavy (non-hydrogen) atoms. The van der Waals surface area contributed by atoms with E-state index >= 15 is 0 Å². The number of carbonyl (C=O) groups is 1. The molecule has 0 aliphatic carbocycles. The molecule has 2 heteroatoms. The van der Waals surface area contributed by atoms with Crippen LogP contribution in [0, 0.1) is 6.92 Å². The molecule has 0 heterocycles. The average molecular weight is 276 g/mol. The molecule has 0 N–H and O–H groups in total. The number of ether oxygens (including phenoxy) is 1. The highest BCUT2D eigenvalue weighted by atomic mass is 16.5. The Morgan fingerprint density at radius 1 is 1.00 bits per heavy atom. The third-order valence-electron chi connectivity index (χ3n) is 3.80. The fourth-order valence-electron chi connectivity index (χ4n) is 2.70. The normalized spacial score (nSPS) is 10.6. The van der Waals surface area contributed by atoms with Crippen molar-refractivity contribution in [1.82, 2.24) is 0 Å². The minimum Gasteiger partial charge on any atom is -0.497 e. The molecule has 104 valence electrons. The summed E-state index contributed by atoms with van der Waals surface area (Å²) in [5, 5.41) is 2.13. The third-order valence-corrected chi connectivity index (χ3v) is 3.80. The summed E-state index contributed by atoms with van der Waals surface area (Å²) in [5.74, 6) is 0.817. The molecule has 0 fully saturated rings. The van der Waals surface area contributed by atoms with Gasteiger partial charge >= 0.3 is 0 Å². The molecule has 3 rings (SSSR count). The van der Waals surface area contributed by atoms with E-state index in [1.807, 2.05) is 42.5 Å². The molecule has 2 nitrogen and oxygen atoms in total. The first-order valence-electron chi connectivity index (χ1n) is 6.86. The maximum absolute atomic E-state index is 11.5. The number of hydrogen-bond donors (Lipinski definition) is 0. The largest absolute Gasteiger partial charge is 0.497 e. The number of fused-ring (bicyclic) bond motifs is 1. The molecule has 3 aromatic rings.